The molecule has 0 amide bonds. The standard InChI is InChI=1S/C16H25NO/c1-12-3-5-14(6-4-12)13(2)15-7-9-16(10-8-15)17-11-18/h12,14-16H,2-10H2,1H3. The van der Waals surface area contributed by atoms with Crippen molar-refractivity contribution in [3.8, 4) is 0 Å². The third-order valence-electron chi connectivity index (χ3n) is 5.00. The van der Waals surface area contributed by atoms with Crippen LogP contribution < -0.4 is 0 Å². The van der Waals surface area contributed by atoms with Gasteiger partial charge >= 0.3 is 0 Å². The molecule has 18 heavy (non-hydrogen) atoms. The van der Waals surface area contributed by atoms with Gasteiger partial charge in [-0.1, -0.05) is 31.9 Å². The van der Waals surface area contributed by atoms with Gasteiger partial charge in [-0.25, -0.2) is 9.79 Å². The van der Waals surface area contributed by atoms with Crippen molar-refractivity contribution in [3.05, 3.63) is 12.2 Å². The highest BCUT2D eigenvalue weighted by atomic mass is 16.1. The zero-order valence-corrected chi connectivity index (χ0v) is 11.5. The molecule has 0 aliphatic heterocycles. The van der Waals surface area contributed by atoms with E-state index < -0.39 is 0 Å². The molecule has 0 unspecified atom stereocenters. The normalized spacial score (nSPS) is 36.7. The molecule has 2 fully saturated rings. The highest BCUT2D eigenvalue weighted by molar-refractivity contribution is 5.33. The van der Waals surface area contributed by atoms with Gasteiger partial charge in [0.05, 0.1) is 6.04 Å². The highest BCUT2D eigenvalue weighted by Crippen LogP contribution is 2.40. The summed E-state index contributed by atoms with van der Waals surface area (Å²) in [4.78, 5) is 14.1. The third kappa shape index (κ3) is 3.32. The second kappa shape index (κ2) is 6.33. The van der Waals surface area contributed by atoms with Gasteiger partial charge in [0.15, 0.2) is 0 Å². The second-order valence-electron chi connectivity index (χ2n) is 6.26. The fourth-order valence-electron chi connectivity index (χ4n) is 3.61. The average molecular weight is 247 g/mol. The number of isocyanates is 1. The number of carbonyl (C=O) groups excluding carboxylic acids is 1. The molecule has 100 valence electrons. The minimum absolute atomic E-state index is 0.234. The molecule has 0 bridgehead atoms. The lowest BCUT2D eigenvalue weighted by Gasteiger charge is -2.34. The zero-order valence-electron chi connectivity index (χ0n) is 11.5. The summed E-state index contributed by atoms with van der Waals surface area (Å²) in [6, 6.07) is 0.234. The Bertz CT molecular complexity index is 327. The molecule has 0 heterocycles. The number of aliphatic imine (C=N–C) groups is 1. The van der Waals surface area contributed by atoms with E-state index in [4.69, 9.17) is 0 Å². The second-order valence-corrected chi connectivity index (χ2v) is 6.26. The van der Waals surface area contributed by atoms with Gasteiger partial charge in [-0.2, -0.15) is 0 Å². The van der Waals surface area contributed by atoms with E-state index in [1.165, 1.54) is 44.1 Å². The predicted octanol–water partition coefficient (Wildman–Crippen LogP) is 4.26. The summed E-state index contributed by atoms with van der Waals surface area (Å²) >= 11 is 0. The van der Waals surface area contributed by atoms with Crippen LogP contribution in [0.4, 0.5) is 0 Å². The first-order valence-electron chi connectivity index (χ1n) is 7.46. The summed E-state index contributed by atoms with van der Waals surface area (Å²) in [7, 11) is 0. The van der Waals surface area contributed by atoms with E-state index in [1.807, 2.05) is 0 Å². The molecule has 2 saturated carbocycles. The summed E-state index contributed by atoms with van der Waals surface area (Å²) in [5.41, 5.74) is 1.50. The maximum Gasteiger partial charge on any atom is 0.235 e. The fourth-order valence-corrected chi connectivity index (χ4v) is 3.61. The Morgan fingerprint density at radius 3 is 2.00 bits per heavy atom. The van der Waals surface area contributed by atoms with E-state index in [0.717, 1.165) is 24.7 Å². The molecule has 0 saturated heterocycles. The molecule has 2 nitrogen and oxygen atoms in total. The fraction of sp³-hybridized carbons (Fsp3) is 0.812. The Balaban J connectivity index is 1.82. The Hall–Kier alpha value is -0.880. The first kappa shape index (κ1) is 13.5. The van der Waals surface area contributed by atoms with E-state index in [2.05, 4.69) is 18.5 Å². The summed E-state index contributed by atoms with van der Waals surface area (Å²) in [5, 5.41) is 0. The molecule has 0 radical (unpaired) electrons. The lowest BCUT2D eigenvalue weighted by atomic mass is 9.72. The van der Waals surface area contributed by atoms with E-state index in [-0.39, 0.29) is 6.04 Å². The van der Waals surface area contributed by atoms with E-state index in [0.29, 0.717) is 5.92 Å². The Morgan fingerprint density at radius 1 is 1.00 bits per heavy atom. The molecule has 2 aliphatic carbocycles. The summed E-state index contributed by atoms with van der Waals surface area (Å²) < 4.78 is 0. The molecule has 2 aliphatic rings. The van der Waals surface area contributed by atoms with Crippen LogP contribution >= 0.6 is 0 Å². The van der Waals surface area contributed by atoms with Gasteiger partial charge in [0.2, 0.25) is 6.08 Å². The summed E-state index contributed by atoms with van der Waals surface area (Å²) in [6.45, 7) is 6.75. The molecule has 0 aromatic heterocycles. The molecule has 0 aromatic rings. The van der Waals surface area contributed by atoms with Crippen molar-refractivity contribution in [2.45, 2.75) is 64.3 Å². The summed E-state index contributed by atoms with van der Waals surface area (Å²) in [5.74, 6) is 2.35. The zero-order chi connectivity index (χ0) is 13.0. The molecule has 2 rings (SSSR count). The van der Waals surface area contributed by atoms with Crippen LogP contribution in [0.25, 0.3) is 0 Å². The summed E-state index contributed by atoms with van der Waals surface area (Å²) in [6.07, 6.45) is 11.5. The Morgan fingerprint density at radius 2 is 1.50 bits per heavy atom. The Labute approximate surface area is 111 Å². The van der Waals surface area contributed by atoms with Crippen molar-refractivity contribution in [1.29, 1.82) is 0 Å². The largest absolute Gasteiger partial charge is 0.235 e. The number of hydrogen-bond acceptors (Lipinski definition) is 2. The highest BCUT2D eigenvalue weighted by Gasteiger charge is 2.28. The van der Waals surface area contributed by atoms with Crippen LogP contribution in [0, 0.1) is 17.8 Å². The van der Waals surface area contributed by atoms with Crippen LogP contribution in [0.1, 0.15) is 58.3 Å². The van der Waals surface area contributed by atoms with Gasteiger partial charge in [0, 0.05) is 0 Å². The minimum atomic E-state index is 0.234. The van der Waals surface area contributed by atoms with Crippen molar-refractivity contribution in [2.24, 2.45) is 22.7 Å². The van der Waals surface area contributed by atoms with Gasteiger partial charge in [-0.3, -0.25) is 0 Å². The van der Waals surface area contributed by atoms with Gasteiger partial charge < -0.3 is 0 Å². The Kier molecular flexibility index (Phi) is 4.77. The van der Waals surface area contributed by atoms with Crippen LogP contribution in [0.15, 0.2) is 17.1 Å². The SMILES string of the molecule is C=C(C1CCC(C)CC1)C1CCC(N=C=O)CC1. The first-order chi connectivity index (χ1) is 8.70. The lowest BCUT2D eigenvalue weighted by Crippen LogP contribution is -2.23. The van der Waals surface area contributed by atoms with Gasteiger partial charge in [-0.05, 0) is 56.3 Å². The quantitative estimate of drug-likeness (QED) is 0.416. The smallest absolute Gasteiger partial charge is 0.211 e. The maximum absolute atomic E-state index is 10.3. The monoisotopic (exact) mass is 247 g/mol. The van der Waals surface area contributed by atoms with E-state index >= 15 is 0 Å². The minimum Gasteiger partial charge on any atom is -0.211 e. The maximum atomic E-state index is 10.3. The third-order valence-corrected chi connectivity index (χ3v) is 5.00. The van der Waals surface area contributed by atoms with Crippen LogP contribution in [-0.4, -0.2) is 12.1 Å². The average Bonchev–Trinajstić information content (AvgIpc) is 2.40. The molecule has 0 spiro atoms. The topological polar surface area (TPSA) is 29.4 Å². The van der Waals surface area contributed by atoms with Crippen molar-refractivity contribution in [1.82, 2.24) is 0 Å². The van der Waals surface area contributed by atoms with Crippen molar-refractivity contribution in [2.75, 3.05) is 0 Å². The molecule has 0 aromatic carbocycles. The molecule has 0 N–H and O–H groups in total. The van der Waals surface area contributed by atoms with Gasteiger partial charge in [-0.15, -0.1) is 0 Å². The van der Waals surface area contributed by atoms with Gasteiger partial charge in [0.25, 0.3) is 0 Å². The first-order valence-corrected chi connectivity index (χ1v) is 7.46. The van der Waals surface area contributed by atoms with E-state index in [9.17, 15) is 4.79 Å². The molecular weight excluding hydrogens is 222 g/mol. The van der Waals surface area contributed by atoms with Crippen molar-refractivity contribution < 1.29 is 4.79 Å². The van der Waals surface area contributed by atoms with Crippen LogP contribution in [0.5, 0.6) is 0 Å². The van der Waals surface area contributed by atoms with Crippen LogP contribution in [0.2, 0.25) is 0 Å². The molecule has 0 atom stereocenters. The number of nitrogens with zero attached hydrogens (tertiary/aromatic N) is 1. The van der Waals surface area contributed by atoms with E-state index in [1.54, 1.807) is 6.08 Å². The number of allylic oxidation sites excluding steroid dienone is 1. The molecular formula is C16H25NO. The number of rotatable bonds is 3. The lowest BCUT2D eigenvalue weighted by molar-refractivity contribution is 0.278. The van der Waals surface area contributed by atoms with Gasteiger partial charge in [0.1, 0.15) is 0 Å². The number of hydrogen-bond donors (Lipinski definition) is 0. The predicted molar refractivity (Wildman–Crippen MR) is 74.1 cm³/mol. The van der Waals surface area contributed by atoms with Crippen molar-refractivity contribution >= 4 is 6.08 Å². The molecule has 2 heteroatoms. The van der Waals surface area contributed by atoms with Crippen LogP contribution in [0.3, 0.4) is 0 Å². The van der Waals surface area contributed by atoms with Crippen LogP contribution in [-0.2, 0) is 4.79 Å². The van der Waals surface area contributed by atoms with Crippen molar-refractivity contribution in [3.63, 3.8) is 0 Å².